The van der Waals surface area contributed by atoms with Crippen LogP contribution in [0.25, 0.3) is 0 Å². The molecule has 7 heteroatoms. The number of non-ortho nitro benzene ring substituents is 1. The summed E-state index contributed by atoms with van der Waals surface area (Å²) in [6, 6.07) is 9.00. The van der Waals surface area contributed by atoms with Crippen molar-refractivity contribution in [3.05, 3.63) is 56.6 Å². The van der Waals surface area contributed by atoms with Gasteiger partial charge in [-0.25, -0.2) is 0 Å². The maximum absolute atomic E-state index is 10.7. The number of phenols is 1. The predicted octanol–water partition coefficient (Wildman–Crippen LogP) is 4.76. The lowest BCUT2D eigenvalue weighted by atomic mass is 10.3. The maximum atomic E-state index is 10.7. The van der Waals surface area contributed by atoms with E-state index in [2.05, 4.69) is 0 Å². The van der Waals surface area contributed by atoms with Crippen LogP contribution in [0.1, 0.15) is 0 Å². The molecule has 0 radical (unpaired) electrons. The van der Waals surface area contributed by atoms with Crippen LogP contribution in [0.2, 0.25) is 10.0 Å². The van der Waals surface area contributed by atoms with Crippen LogP contribution >= 0.6 is 35.0 Å². The Bertz CT molecular complexity index is 608. The summed E-state index contributed by atoms with van der Waals surface area (Å²) in [4.78, 5) is 11.5. The summed E-state index contributed by atoms with van der Waals surface area (Å²) in [5.74, 6) is 0.158. The van der Waals surface area contributed by atoms with Crippen LogP contribution in [0.3, 0.4) is 0 Å². The van der Waals surface area contributed by atoms with E-state index in [4.69, 9.17) is 23.2 Å². The minimum Gasteiger partial charge on any atom is -0.508 e. The van der Waals surface area contributed by atoms with Gasteiger partial charge in [0.25, 0.3) is 5.69 Å². The second-order valence-corrected chi connectivity index (χ2v) is 5.49. The molecule has 0 atom stereocenters. The van der Waals surface area contributed by atoms with Gasteiger partial charge >= 0.3 is 0 Å². The Morgan fingerprint density at radius 2 is 1.63 bits per heavy atom. The molecule has 0 amide bonds. The monoisotopic (exact) mass is 315 g/mol. The third kappa shape index (κ3) is 3.32. The Labute approximate surface area is 123 Å². The average molecular weight is 316 g/mol. The van der Waals surface area contributed by atoms with Gasteiger partial charge in [0.15, 0.2) is 0 Å². The van der Waals surface area contributed by atoms with Gasteiger partial charge in [-0.15, -0.1) is 0 Å². The molecule has 2 aromatic carbocycles. The highest BCUT2D eigenvalue weighted by molar-refractivity contribution is 7.99. The van der Waals surface area contributed by atoms with Crippen LogP contribution in [0.4, 0.5) is 5.69 Å². The lowest BCUT2D eigenvalue weighted by molar-refractivity contribution is -0.384. The van der Waals surface area contributed by atoms with E-state index in [1.165, 1.54) is 36.0 Å². The Kier molecular flexibility index (Phi) is 4.19. The van der Waals surface area contributed by atoms with Crippen molar-refractivity contribution in [2.24, 2.45) is 0 Å². The molecule has 0 aliphatic rings. The van der Waals surface area contributed by atoms with Gasteiger partial charge in [-0.05, 0) is 24.3 Å². The summed E-state index contributed by atoms with van der Waals surface area (Å²) < 4.78 is 0. The first-order valence-corrected chi connectivity index (χ1v) is 6.65. The molecule has 0 saturated carbocycles. The molecule has 98 valence electrons. The molecule has 0 aromatic heterocycles. The van der Waals surface area contributed by atoms with Crippen LogP contribution in [-0.2, 0) is 0 Å². The second-order valence-electron chi connectivity index (χ2n) is 3.59. The van der Waals surface area contributed by atoms with Gasteiger partial charge < -0.3 is 5.11 Å². The Balaban J connectivity index is 2.35. The molecular weight excluding hydrogens is 309 g/mol. The van der Waals surface area contributed by atoms with E-state index in [1.807, 2.05) is 0 Å². The summed E-state index contributed by atoms with van der Waals surface area (Å²) in [7, 11) is 0. The van der Waals surface area contributed by atoms with E-state index in [1.54, 1.807) is 12.1 Å². The molecule has 0 unspecified atom stereocenters. The minimum atomic E-state index is -0.549. The third-order valence-electron chi connectivity index (χ3n) is 2.25. The van der Waals surface area contributed by atoms with E-state index >= 15 is 0 Å². The molecule has 0 bridgehead atoms. The van der Waals surface area contributed by atoms with E-state index in [9.17, 15) is 15.2 Å². The van der Waals surface area contributed by atoms with Crippen LogP contribution in [0, 0.1) is 10.1 Å². The number of rotatable bonds is 3. The molecule has 1 N–H and O–H groups in total. The Morgan fingerprint density at radius 3 is 2.11 bits per heavy atom. The van der Waals surface area contributed by atoms with E-state index in [0.717, 1.165) is 4.90 Å². The standard InChI is InChI=1S/C12H7Cl2NO3S/c13-10-5-7(15(17)18)6-11(14)12(10)19-9-3-1-8(16)2-4-9/h1-6,16H. The van der Waals surface area contributed by atoms with Gasteiger partial charge in [-0.1, -0.05) is 35.0 Å². The topological polar surface area (TPSA) is 63.4 Å². The molecule has 0 fully saturated rings. The van der Waals surface area contributed by atoms with Gasteiger partial charge in [-0.3, -0.25) is 10.1 Å². The number of phenolic OH excluding ortho intramolecular Hbond substituents is 1. The minimum absolute atomic E-state index is 0.148. The number of nitro groups is 1. The average Bonchev–Trinajstić information content (AvgIpc) is 2.35. The zero-order valence-electron chi connectivity index (χ0n) is 9.34. The highest BCUT2D eigenvalue weighted by Gasteiger charge is 2.15. The van der Waals surface area contributed by atoms with Crippen molar-refractivity contribution < 1.29 is 10.0 Å². The van der Waals surface area contributed by atoms with Crippen molar-refractivity contribution in [1.29, 1.82) is 0 Å². The first-order valence-electron chi connectivity index (χ1n) is 5.07. The normalized spacial score (nSPS) is 10.4. The molecule has 0 spiro atoms. The maximum Gasteiger partial charge on any atom is 0.272 e. The fraction of sp³-hybridized carbons (Fsp3) is 0. The van der Waals surface area contributed by atoms with Crippen molar-refractivity contribution in [2.45, 2.75) is 9.79 Å². The molecule has 0 saturated heterocycles. The number of hydrogen-bond donors (Lipinski definition) is 1. The Morgan fingerprint density at radius 1 is 1.11 bits per heavy atom. The van der Waals surface area contributed by atoms with Crippen molar-refractivity contribution in [2.75, 3.05) is 0 Å². The van der Waals surface area contributed by atoms with Gasteiger partial charge in [0.05, 0.1) is 15.0 Å². The smallest absolute Gasteiger partial charge is 0.272 e. The number of benzene rings is 2. The molecular formula is C12H7Cl2NO3S. The van der Waals surface area contributed by atoms with Crippen LogP contribution < -0.4 is 0 Å². The summed E-state index contributed by atoms with van der Waals surface area (Å²) in [5.41, 5.74) is -0.148. The lowest BCUT2D eigenvalue weighted by Gasteiger charge is -2.06. The van der Waals surface area contributed by atoms with Crippen molar-refractivity contribution >= 4 is 40.7 Å². The predicted molar refractivity (Wildman–Crippen MR) is 75.3 cm³/mol. The zero-order chi connectivity index (χ0) is 14.0. The number of aromatic hydroxyl groups is 1. The van der Waals surface area contributed by atoms with Crippen molar-refractivity contribution in [3.63, 3.8) is 0 Å². The van der Waals surface area contributed by atoms with Gasteiger partial charge in [0.1, 0.15) is 5.75 Å². The summed E-state index contributed by atoms with van der Waals surface area (Å²) >= 11 is 13.3. The first-order chi connectivity index (χ1) is 8.97. The number of halogens is 2. The molecule has 19 heavy (non-hydrogen) atoms. The van der Waals surface area contributed by atoms with E-state index in [-0.39, 0.29) is 21.5 Å². The molecule has 0 aliphatic carbocycles. The number of hydrogen-bond acceptors (Lipinski definition) is 4. The molecule has 2 rings (SSSR count). The summed E-state index contributed by atoms with van der Waals surface area (Å²) in [6.07, 6.45) is 0. The third-order valence-corrected chi connectivity index (χ3v) is 4.22. The largest absolute Gasteiger partial charge is 0.508 e. The van der Waals surface area contributed by atoms with Gasteiger partial charge in [-0.2, -0.15) is 0 Å². The van der Waals surface area contributed by atoms with Crippen molar-refractivity contribution in [1.82, 2.24) is 0 Å². The van der Waals surface area contributed by atoms with Gasteiger partial charge in [0, 0.05) is 21.9 Å². The molecule has 0 heterocycles. The fourth-order valence-corrected chi connectivity index (χ4v) is 2.91. The van der Waals surface area contributed by atoms with Crippen LogP contribution in [-0.4, -0.2) is 10.0 Å². The lowest BCUT2D eigenvalue weighted by Crippen LogP contribution is -1.89. The quantitative estimate of drug-likeness (QED) is 0.655. The SMILES string of the molecule is O=[N+]([O-])c1cc(Cl)c(Sc2ccc(O)cc2)c(Cl)c1. The van der Waals surface area contributed by atoms with Crippen LogP contribution in [0.15, 0.2) is 46.2 Å². The van der Waals surface area contributed by atoms with E-state index in [0.29, 0.717) is 4.90 Å². The fourth-order valence-electron chi connectivity index (χ4n) is 1.38. The van der Waals surface area contributed by atoms with Crippen molar-refractivity contribution in [3.8, 4) is 5.75 Å². The van der Waals surface area contributed by atoms with Crippen LogP contribution in [0.5, 0.6) is 5.75 Å². The number of nitro benzene ring substituents is 1. The zero-order valence-corrected chi connectivity index (χ0v) is 11.7. The Hall–Kier alpha value is -1.43. The molecule has 0 aliphatic heterocycles. The molecule has 4 nitrogen and oxygen atoms in total. The highest BCUT2D eigenvalue weighted by Crippen LogP contribution is 2.41. The summed E-state index contributed by atoms with van der Waals surface area (Å²) in [6.45, 7) is 0. The first kappa shape index (κ1) is 14.0. The van der Waals surface area contributed by atoms with Gasteiger partial charge in [0.2, 0.25) is 0 Å². The highest BCUT2D eigenvalue weighted by atomic mass is 35.5. The summed E-state index contributed by atoms with van der Waals surface area (Å²) in [5, 5.41) is 20.3. The second kappa shape index (κ2) is 5.69. The molecule has 2 aromatic rings. The number of nitrogens with zero attached hydrogens (tertiary/aromatic N) is 1. The van der Waals surface area contributed by atoms with E-state index < -0.39 is 4.92 Å².